The summed E-state index contributed by atoms with van der Waals surface area (Å²) in [5.74, 6) is 1.70. The van der Waals surface area contributed by atoms with E-state index in [9.17, 15) is 4.79 Å². The number of rotatable bonds is 7. The Morgan fingerprint density at radius 2 is 1.97 bits per heavy atom. The van der Waals surface area contributed by atoms with E-state index in [1.807, 2.05) is 24.3 Å². The van der Waals surface area contributed by atoms with Crippen LogP contribution in [0.25, 0.3) is 10.2 Å². The zero-order valence-corrected chi connectivity index (χ0v) is 17.1. The van der Waals surface area contributed by atoms with Crippen LogP contribution in [0.1, 0.15) is 5.76 Å². The SMILES string of the molecule is COc1ccc2sc(N(Cc3ccco3)C(=O)COc3ccc(Cl)cc3)nc2c1. The molecule has 29 heavy (non-hydrogen) atoms. The molecule has 2 heterocycles. The van der Waals surface area contributed by atoms with Gasteiger partial charge in [0.05, 0.1) is 30.1 Å². The molecule has 0 radical (unpaired) electrons. The molecule has 8 heteroatoms. The number of amides is 1. The molecule has 4 aromatic rings. The third-order valence-electron chi connectivity index (χ3n) is 4.19. The van der Waals surface area contributed by atoms with E-state index in [-0.39, 0.29) is 19.1 Å². The summed E-state index contributed by atoms with van der Waals surface area (Å²) >= 11 is 7.31. The average Bonchev–Trinajstić information content (AvgIpc) is 3.40. The minimum absolute atomic E-state index is 0.137. The number of nitrogens with zero attached hydrogens (tertiary/aromatic N) is 2. The molecule has 0 spiro atoms. The normalized spacial score (nSPS) is 10.8. The van der Waals surface area contributed by atoms with Crippen molar-refractivity contribution in [3.05, 3.63) is 71.6 Å². The van der Waals surface area contributed by atoms with Gasteiger partial charge >= 0.3 is 0 Å². The molecule has 4 rings (SSSR count). The maximum atomic E-state index is 13.0. The molecule has 1 amide bonds. The molecule has 0 saturated carbocycles. The molecule has 0 bridgehead atoms. The predicted octanol–water partition coefficient (Wildman–Crippen LogP) is 5.16. The molecule has 0 aliphatic carbocycles. The Balaban J connectivity index is 1.58. The second-order valence-electron chi connectivity index (χ2n) is 6.13. The van der Waals surface area contributed by atoms with Crippen LogP contribution >= 0.6 is 22.9 Å². The van der Waals surface area contributed by atoms with Gasteiger partial charge in [0.25, 0.3) is 5.91 Å². The smallest absolute Gasteiger partial charge is 0.267 e. The maximum absolute atomic E-state index is 13.0. The first kappa shape index (κ1) is 19.3. The Kier molecular flexibility index (Phi) is 5.69. The fourth-order valence-electron chi connectivity index (χ4n) is 2.71. The van der Waals surface area contributed by atoms with Crippen LogP contribution in [0.3, 0.4) is 0 Å². The number of hydrogen-bond acceptors (Lipinski definition) is 6. The summed E-state index contributed by atoms with van der Waals surface area (Å²) < 4.78 is 17.3. The molecule has 0 saturated heterocycles. The van der Waals surface area contributed by atoms with E-state index in [1.165, 1.54) is 11.3 Å². The highest BCUT2D eigenvalue weighted by atomic mass is 35.5. The highest BCUT2D eigenvalue weighted by Crippen LogP contribution is 2.32. The van der Waals surface area contributed by atoms with Crippen LogP contribution in [0.15, 0.2) is 65.3 Å². The number of anilines is 1. The molecule has 2 aromatic heterocycles. The summed E-state index contributed by atoms with van der Waals surface area (Å²) in [5, 5.41) is 1.17. The third kappa shape index (κ3) is 4.52. The molecular formula is C21H17ClN2O4S. The molecule has 6 nitrogen and oxygen atoms in total. The summed E-state index contributed by atoms with van der Waals surface area (Å²) in [5.41, 5.74) is 0.764. The number of thiazole rings is 1. The van der Waals surface area contributed by atoms with E-state index < -0.39 is 0 Å². The summed E-state index contributed by atoms with van der Waals surface area (Å²) in [6.07, 6.45) is 1.57. The van der Waals surface area contributed by atoms with Gasteiger partial charge in [0.2, 0.25) is 0 Å². The number of methoxy groups -OCH3 is 1. The number of carbonyl (C=O) groups is 1. The van der Waals surface area contributed by atoms with Crippen LogP contribution in [0, 0.1) is 0 Å². The van der Waals surface area contributed by atoms with Gasteiger partial charge in [0.1, 0.15) is 17.3 Å². The van der Waals surface area contributed by atoms with Crippen LogP contribution in [0.2, 0.25) is 5.02 Å². The van der Waals surface area contributed by atoms with E-state index in [0.717, 1.165) is 10.2 Å². The lowest BCUT2D eigenvalue weighted by Gasteiger charge is -2.19. The fraction of sp³-hybridized carbons (Fsp3) is 0.143. The van der Waals surface area contributed by atoms with Gasteiger partial charge in [-0.3, -0.25) is 9.69 Å². The lowest BCUT2D eigenvalue weighted by molar-refractivity contribution is -0.120. The topological polar surface area (TPSA) is 64.8 Å². The number of benzene rings is 2. The first-order chi connectivity index (χ1) is 14.1. The molecular weight excluding hydrogens is 412 g/mol. The Morgan fingerprint density at radius 3 is 2.69 bits per heavy atom. The van der Waals surface area contributed by atoms with Gasteiger partial charge in [-0.1, -0.05) is 22.9 Å². The van der Waals surface area contributed by atoms with Gasteiger partial charge in [-0.05, 0) is 48.5 Å². The van der Waals surface area contributed by atoms with Crippen LogP contribution in [0.4, 0.5) is 5.13 Å². The minimum Gasteiger partial charge on any atom is -0.497 e. The zero-order valence-electron chi connectivity index (χ0n) is 15.5. The monoisotopic (exact) mass is 428 g/mol. The average molecular weight is 429 g/mol. The number of fused-ring (bicyclic) bond motifs is 1. The zero-order chi connectivity index (χ0) is 20.2. The Bertz CT molecular complexity index is 1110. The number of carbonyl (C=O) groups excluding carboxylic acids is 1. The maximum Gasteiger partial charge on any atom is 0.267 e. The number of halogens is 1. The Morgan fingerprint density at radius 1 is 1.17 bits per heavy atom. The van der Waals surface area contributed by atoms with Crippen molar-refractivity contribution in [2.75, 3.05) is 18.6 Å². The molecule has 0 unspecified atom stereocenters. The van der Waals surface area contributed by atoms with Crippen molar-refractivity contribution in [2.24, 2.45) is 0 Å². The minimum atomic E-state index is -0.234. The molecule has 0 aliphatic heterocycles. The van der Waals surface area contributed by atoms with E-state index in [4.69, 9.17) is 25.5 Å². The van der Waals surface area contributed by atoms with E-state index >= 15 is 0 Å². The van der Waals surface area contributed by atoms with Gasteiger partial charge in [-0.2, -0.15) is 0 Å². The van der Waals surface area contributed by atoms with Gasteiger partial charge in [0, 0.05) is 11.1 Å². The van der Waals surface area contributed by atoms with Crippen LogP contribution in [-0.2, 0) is 11.3 Å². The third-order valence-corrected chi connectivity index (χ3v) is 5.50. The molecule has 148 valence electrons. The summed E-state index contributed by atoms with van der Waals surface area (Å²) in [6.45, 7) is 0.119. The predicted molar refractivity (Wildman–Crippen MR) is 113 cm³/mol. The number of hydrogen-bond donors (Lipinski definition) is 0. The number of furan rings is 1. The van der Waals surface area contributed by atoms with Gasteiger partial charge in [-0.25, -0.2) is 4.98 Å². The first-order valence-corrected chi connectivity index (χ1v) is 9.97. The van der Waals surface area contributed by atoms with Crippen molar-refractivity contribution in [2.45, 2.75) is 6.54 Å². The van der Waals surface area contributed by atoms with Crippen LogP contribution in [-0.4, -0.2) is 24.6 Å². The number of aromatic nitrogens is 1. The van der Waals surface area contributed by atoms with Crippen molar-refractivity contribution in [3.63, 3.8) is 0 Å². The first-order valence-electron chi connectivity index (χ1n) is 8.78. The van der Waals surface area contributed by atoms with Crippen LogP contribution in [0.5, 0.6) is 11.5 Å². The van der Waals surface area contributed by atoms with Crippen molar-refractivity contribution in [3.8, 4) is 11.5 Å². The van der Waals surface area contributed by atoms with Gasteiger partial charge in [0.15, 0.2) is 11.7 Å². The Labute approximate surface area is 176 Å². The van der Waals surface area contributed by atoms with Crippen molar-refractivity contribution in [1.29, 1.82) is 0 Å². The van der Waals surface area contributed by atoms with Crippen molar-refractivity contribution < 1.29 is 18.7 Å². The lowest BCUT2D eigenvalue weighted by Crippen LogP contribution is -2.34. The fourth-order valence-corrected chi connectivity index (χ4v) is 3.80. The summed E-state index contributed by atoms with van der Waals surface area (Å²) in [4.78, 5) is 19.2. The lowest BCUT2D eigenvalue weighted by atomic mass is 10.3. The molecule has 0 N–H and O–H groups in total. The van der Waals surface area contributed by atoms with Crippen molar-refractivity contribution in [1.82, 2.24) is 4.98 Å². The van der Waals surface area contributed by atoms with Gasteiger partial charge < -0.3 is 13.9 Å². The summed E-state index contributed by atoms with van der Waals surface area (Å²) in [6, 6.07) is 16.1. The van der Waals surface area contributed by atoms with Crippen molar-refractivity contribution >= 4 is 44.2 Å². The number of ether oxygens (including phenoxy) is 2. The highest BCUT2D eigenvalue weighted by molar-refractivity contribution is 7.22. The van der Waals surface area contributed by atoms with E-state index in [1.54, 1.807) is 48.6 Å². The molecule has 0 fully saturated rings. The second kappa shape index (κ2) is 8.55. The van der Waals surface area contributed by atoms with E-state index in [2.05, 4.69) is 4.98 Å². The Hall–Kier alpha value is -3.03. The van der Waals surface area contributed by atoms with E-state index in [0.29, 0.717) is 27.4 Å². The molecule has 2 aromatic carbocycles. The van der Waals surface area contributed by atoms with Gasteiger partial charge in [-0.15, -0.1) is 0 Å². The second-order valence-corrected chi connectivity index (χ2v) is 7.58. The quantitative estimate of drug-likeness (QED) is 0.406. The molecule has 0 atom stereocenters. The molecule has 0 aliphatic rings. The standard InChI is InChI=1S/C21H17ClN2O4S/c1-26-16-8-9-19-18(11-16)23-21(29-19)24(12-17-3-2-10-27-17)20(25)13-28-15-6-4-14(22)5-7-15/h2-11H,12-13H2,1H3. The largest absolute Gasteiger partial charge is 0.497 e. The summed E-state index contributed by atoms with van der Waals surface area (Å²) in [7, 11) is 1.61. The van der Waals surface area contributed by atoms with Crippen LogP contribution < -0.4 is 14.4 Å². The highest BCUT2D eigenvalue weighted by Gasteiger charge is 2.22.